The summed E-state index contributed by atoms with van der Waals surface area (Å²) >= 11 is 1.35. The number of aliphatic hydroxyl groups is 3. The van der Waals surface area contributed by atoms with E-state index in [2.05, 4.69) is 10.6 Å². The van der Waals surface area contributed by atoms with Gasteiger partial charge in [0.05, 0.1) is 23.0 Å². The number of amides is 3. The molecule has 2 aromatic rings. The number of carbonyl (C=O) groups excluding carboxylic acids is 3. The highest BCUT2D eigenvalue weighted by Crippen LogP contribution is 2.35. The number of imide groups is 1. The van der Waals surface area contributed by atoms with Gasteiger partial charge >= 0.3 is 0 Å². The Hall–Kier alpha value is -3.14. The zero-order valence-corrected chi connectivity index (χ0v) is 22.6. The van der Waals surface area contributed by atoms with Gasteiger partial charge in [0.2, 0.25) is 5.91 Å². The van der Waals surface area contributed by atoms with Crippen LogP contribution in [-0.4, -0.2) is 105 Å². The van der Waals surface area contributed by atoms with Crippen LogP contribution in [0.2, 0.25) is 0 Å². The number of rotatable bonds is 12. The average Bonchev–Trinajstić information content (AvgIpc) is 2.93. The molecule has 0 radical (unpaired) electrons. The van der Waals surface area contributed by atoms with Crippen LogP contribution in [-0.2, 0) is 9.53 Å². The van der Waals surface area contributed by atoms with Crippen molar-refractivity contribution >= 4 is 45.9 Å². The first kappa shape index (κ1) is 29.8. The Morgan fingerprint density at radius 3 is 2.48 bits per heavy atom. The maximum Gasteiger partial charge on any atom is 0.277 e. The summed E-state index contributed by atoms with van der Waals surface area (Å²) in [6, 6.07) is 6.55. The molecule has 40 heavy (non-hydrogen) atoms. The highest BCUT2D eigenvalue weighted by molar-refractivity contribution is 7.99. The molecule has 3 amide bonds. The predicted molar refractivity (Wildman–Crippen MR) is 146 cm³/mol. The lowest BCUT2D eigenvalue weighted by Crippen LogP contribution is -2.63. The summed E-state index contributed by atoms with van der Waals surface area (Å²) in [7, 11) is 0. The van der Waals surface area contributed by atoms with Crippen LogP contribution < -0.4 is 10.6 Å². The van der Waals surface area contributed by atoms with Crippen molar-refractivity contribution in [1.82, 2.24) is 15.5 Å². The second kappa shape index (κ2) is 13.0. The van der Waals surface area contributed by atoms with E-state index in [9.17, 15) is 39.8 Å². The zero-order valence-electron chi connectivity index (χ0n) is 21.8. The van der Waals surface area contributed by atoms with Crippen LogP contribution in [0, 0.1) is 10.1 Å². The van der Waals surface area contributed by atoms with Crippen LogP contribution in [0.5, 0.6) is 0 Å². The van der Waals surface area contributed by atoms with Gasteiger partial charge in [-0.3, -0.25) is 29.4 Å². The van der Waals surface area contributed by atoms with Crippen LogP contribution in [0.1, 0.15) is 40.5 Å². The van der Waals surface area contributed by atoms with E-state index in [4.69, 9.17) is 4.74 Å². The number of nitro benzene ring substituents is 1. The number of benzene rings is 2. The molecule has 2 aromatic carbocycles. The average molecular weight is 577 g/mol. The molecule has 0 unspecified atom stereocenters. The number of hydrogen-bond acceptors (Lipinski definition) is 11. The molecule has 13 nitrogen and oxygen atoms in total. The molecule has 5 atom stereocenters. The van der Waals surface area contributed by atoms with E-state index < -0.39 is 53.1 Å². The smallest absolute Gasteiger partial charge is 0.277 e. The minimum atomic E-state index is -1.32. The van der Waals surface area contributed by atoms with E-state index in [0.29, 0.717) is 37.1 Å². The SMILES string of the molecule is CC(=O)N[C@@H]1[C@@H](O)[C@H](O)[C@@H](CO)O[C@H]1SCCCNCCCN1C(=O)c2cccc3c([N+](=O)[O-])ccc(c23)C1=O. The summed E-state index contributed by atoms with van der Waals surface area (Å²) in [5, 5.41) is 47.7. The molecule has 2 aliphatic rings. The summed E-state index contributed by atoms with van der Waals surface area (Å²) < 4.78 is 5.69. The van der Waals surface area contributed by atoms with Crippen molar-refractivity contribution in [2.24, 2.45) is 0 Å². The van der Waals surface area contributed by atoms with Gasteiger partial charge < -0.3 is 30.7 Å². The number of nitro groups is 1. The first-order valence-electron chi connectivity index (χ1n) is 12.9. The highest BCUT2D eigenvalue weighted by atomic mass is 32.2. The normalized spacial score (nSPS) is 24.4. The third-order valence-corrected chi connectivity index (χ3v) is 8.19. The molecular formula is C26H32N4O9S. The van der Waals surface area contributed by atoms with E-state index in [1.807, 2.05) is 0 Å². The fourth-order valence-corrected chi connectivity index (χ4v) is 6.19. The molecule has 0 saturated carbocycles. The molecule has 0 spiro atoms. The molecule has 14 heteroatoms. The number of non-ortho nitro benzene ring substituents is 1. The van der Waals surface area contributed by atoms with Crippen LogP contribution >= 0.6 is 11.8 Å². The van der Waals surface area contributed by atoms with E-state index >= 15 is 0 Å². The minimum absolute atomic E-state index is 0.153. The standard InChI is InChI=1S/C26H32N4O9S/c1-14(32)28-21-23(34)22(33)19(13-31)39-26(21)40-12-4-10-27-9-3-11-29-24(35)16-6-2-5-15-18(30(37)38)8-7-17(20(15)16)25(29)36/h2,5-8,19,21-23,26-27,31,33-34H,3-4,9-13H2,1H3,(H,28,32)/t19-,21-,22-,23-,26+/m1/s1. The lowest BCUT2D eigenvalue weighted by atomic mass is 9.93. The van der Waals surface area contributed by atoms with Gasteiger partial charge in [-0.15, -0.1) is 11.8 Å². The van der Waals surface area contributed by atoms with Crippen molar-refractivity contribution < 1.29 is 39.4 Å². The van der Waals surface area contributed by atoms with Crippen molar-refractivity contribution in [3.05, 3.63) is 51.6 Å². The largest absolute Gasteiger partial charge is 0.394 e. The van der Waals surface area contributed by atoms with Gasteiger partial charge in [-0.1, -0.05) is 6.07 Å². The maximum absolute atomic E-state index is 13.1. The van der Waals surface area contributed by atoms with Gasteiger partial charge in [-0.2, -0.15) is 0 Å². The number of thioether (sulfide) groups is 1. The van der Waals surface area contributed by atoms with Crippen LogP contribution in [0.15, 0.2) is 30.3 Å². The van der Waals surface area contributed by atoms with E-state index in [-0.39, 0.29) is 34.7 Å². The topological polar surface area (TPSA) is 192 Å². The number of aliphatic hydroxyl groups excluding tert-OH is 3. The van der Waals surface area contributed by atoms with Crippen LogP contribution in [0.4, 0.5) is 5.69 Å². The molecule has 2 aliphatic heterocycles. The fraction of sp³-hybridized carbons (Fsp3) is 0.500. The minimum Gasteiger partial charge on any atom is -0.394 e. The quantitative estimate of drug-likeness (QED) is 0.102. The van der Waals surface area contributed by atoms with E-state index in [1.165, 1.54) is 41.8 Å². The van der Waals surface area contributed by atoms with Crippen molar-refractivity contribution in [3.8, 4) is 0 Å². The predicted octanol–water partition coefficient (Wildman–Crippen LogP) is 0.391. The number of carbonyl (C=O) groups is 3. The molecular weight excluding hydrogens is 544 g/mol. The van der Waals surface area contributed by atoms with Crippen molar-refractivity contribution in [2.75, 3.05) is 32.0 Å². The Morgan fingerprint density at radius 1 is 1.10 bits per heavy atom. The van der Waals surface area contributed by atoms with Crippen molar-refractivity contribution in [1.29, 1.82) is 0 Å². The van der Waals surface area contributed by atoms with Gasteiger partial charge in [0.1, 0.15) is 23.7 Å². The number of hydrogen-bond donors (Lipinski definition) is 5. The van der Waals surface area contributed by atoms with Gasteiger partial charge in [0.25, 0.3) is 17.5 Å². The second-order valence-electron chi connectivity index (χ2n) is 9.64. The summed E-state index contributed by atoms with van der Waals surface area (Å²) in [6.45, 7) is 2.17. The van der Waals surface area contributed by atoms with Crippen LogP contribution in [0.3, 0.4) is 0 Å². The Balaban J connectivity index is 1.24. The molecule has 5 N–H and O–H groups in total. The van der Waals surface area contributed by atoms with E-state index in [1.54, 1.807) is 12.1 Å². The first-order chi connectivity index (χ1) is 19.1. The summed E-state index contributed by atoms with van der Waals surface area (Å²) in [6.07, 6.45) is -2.35. The fourth-order valence-electron chi connectivity index (χ4n) is 4.99. The number of nitrogens with one attached hydrogen (secondary N) is 2. The number of nitrogens with zero attached hydrogens (tertiary/aromatic N) is 2. The van der Waals surface area contributed by atoms with Crippen molar-refractivity contribution in [3.63, 3.8) is 0 Å². The van der Waals surface area contributed by atoms with Gasteiger partial charge in [-0.05, 0) is 49.9 Å². The molecule has 1 saturated heterocycles. The molecule has 0 aliphatic carbocycles. The molecule has 216 valence electrons. The van der Waals surface area contributed by atoms with Gasteiger partial charge in [0, 0.05) is 36.0 Å². The summed E-state index contributed by atoms with van der Waals surface area (Å²) in [5.41, 5.74) is -0.266. The Labute approximate surface area is 234 Å². The first-order valence-corrected chi connectivity index (χ1v) is 14.0. The summed E-state index contributed by atoms with van der Waals surface area (Å²) in [5.74, 6) is -0.726. The molecule has 0 aromatic heterocycles. The maximum atomic E-state index is 13.1. The van der Waals surface area contributed by atoms with Crippen LogP contribution in [0.25, 0.3) is 10.8 Å². The van der Waals surface area contributed by atoms with Gasteiger partial charge in [-0.25, -0.2) is 0 Å². The Kier molecular flexibility index (Phi) is 9.71. The summed E-state index contributed by atoms with van der Waals surface area (Å²) in [4.78, 5) is 49.7. The van der Waals surface area contributed by atoms with E-state index in [0.717, 1.165) is 0 Å². The highest BCUT2D eigenvalue weighted by Gasteiger charge is 2.44. The van der Waals surface area contributed by atoms with Crippen molar-refractivity contribution in [2.45, 2.75) is 49.6 Å². The van der Waals surface area contributed by atoms with Gasteiger partial charge in [0.15, 0.2) is 0 Å². The molecule has 0 bridgehead atoms. The third kappa shape index (κ3) is 6.11. The second-order valence-corrected chi connectivity index (χ2v) is 10.8. The monoisotopic (exact) mass is 576 g/mol. The lowest BCUT2D eigenvalue weighted by Gasteiger charge is -2.42. The molecule has 4 rings (SSSR count). The molecule has 1 fully saturated rings. The Morgan fingerprint density at radius 2 is 1.80 bits per heavy atom. The number of ether oxygens (including phenoxy) is 1. The Bertz CT molecular complexity index is 1270. The third-order valence-electron chi connectivity index (χ3n) is 6.93. The lowest BCUT2D eigenvalue weighted by molar-refractivity contribution is -0.383. The zero-order chi connectivity index (χ0) is 29.0. The molecule has 2 heterocycles.